The Labute approximate surface area is 156 Å². The minimum Gasteiger partial charge on any atom is -0.481 e. The Morgan fingerprint density at radius 3 is 2.62 bits per heavy atom. The summed E-state index contributed by atoms with van der Waals surface area (Å²) in [6.45, 7) is 1.32. The van der Waals surface area contributed by atoms with E-state index < -0.39 is 5.97 Å². The van der Waals surface area contributed by atoms with E-state index in [9.17, 15) is 9.59 Å². The van der Waals surface area contributed by atoms with E-state index in [1.165, 1.54) is 6.20 Å². The Morgan fingerprint density at radius 1 is 1.27 bits per heavy atom. The van der Waals surface area contributed by atoms with Crippen LogP contribution in [0.15, 0.2) is 36.7 Å². The number of hydrogen-bond acceptors (Lipinski definition) is 4. The zero-order valence-corrected chi connectivity index (χ0v) is 14.9. The smallest absolute Gasteiger partial charge is 0.305 e. The van der Waals surface area contributed by atoms with Crippen molar-refractivity contribution in [1.29, 1.82) is 0 Å². The number of halogens is 1. The molecule has 1 aliphatic heterocycles. The minimum atomic E-state index is -0.924. The van der Waals surface area contributed by atoms with E-state index in [-0.39, 0.29) is 24.9 Å². The van der Waals surface area contributed by atoms with Crippen LogP contribution in [0, 0.1) is 0 Å². The zero-order valence-electron chi connectivity index (χ0n) is 14.2. The van der Waals surface area contributed by atoms with Crippen molar-refractivity contribution >= 4 is 23.5 Å². The number of aliphatic carboxylic acids is 1. The van der Waals surface area contributed by atoms with Gasteiger partial charge in [0.2, 0.25) is 0 Å². The van der Waals surface area contributed by atoms with Crippen LogP contribution in [0.1, 0.15) is 29.6 Å². The summed E-state index contributed by atoms with van der Waals surface area (Å²) in [6.07, 6.45) is 4.48. The normalized spacial score (nSPS) is 15.0. The van der Waals surface area contributed by atoms with Gasteiger partial charge in [0.1, 0.15) is 0 Å². The van der Waals surface area contributed by atoms with Crippen LogP contribution in [0.25, 0.3) is 5.69 Å². The van der Waals surface area contributed by atoms with Gasteiger partial charge in [-0.05, 0) is 37.1 Å². The number of amides is 1. The monoisotopic (exact) mass is 377 g/mol. The molecule has 1 saturated heterocycles. The lowest BCUT2D eigenvalue weighted by atomic mass is 10.1. The highest BCUT2D eigenvalue weighted by Crippen LogP contribution is 2.19. The number of nitrogens with zero attached hydrogens (tertiary/aromatic N) is 3. The largest absolute Gasteiger partial charge is 0.481 e. The van der Waals surface area contributed by atoms with Crippen LogP contribution in [0.3, 0.4) is 0 Å². The Morgan fingerprint density at radius 2 is 1.96 bits per heavy atom. The molecule has 1 aliphatic rings. The van der Waals surface area contributed by atoms with Crippen LogP contribution in [0.5, 0.6) is 0 Å². The van der Waals surface area contributed by atoms with E-state index in [1.54, 1.807) is 27.9 Å². The second kappa shape index (κ2) is 8.33. The summed E-state index contributed by atoms with van der Waals surface area (Å²) in [5, 5.41) is 13.9. The van der Waals surface area contributed by atoms with Gasteiger partial charge in [0.15, 0.2) is 0 Å². The molecule has 0 unspecified atom stereocenters. The first kappa shape index (κ1) is 18.4. The van der Waals surface area contributed by atoms with Gasteiger partial charge in [-0.1, -0.05) is 11.6 Å². The fraction of sp³-hybridized carbons (Fsp3) is 0.389. The first-order valence-corrected chi connectivity index (χ1v) is 8.83. The van der Waals surface area contributed by atoms with E-state index in [0.29, 0.717) is 36.6 Å². The van der Waals surface area contributed by atoms with Crippen molar-refractivity contribution < 1.29 is 19.4 Å². The molecule has 1 amide bonds. The number of aromatic nitrogens is 2. The number of carbonyl (C=O) groups is 2. The molecule has 0 spiro atoms. The number of benzene rings is 1. The van der Waals surface area contributed by atoms with Crippen molar-refractivity contribution in [2.75, 3.05) is 19.8 Å². The number of carboxylic acid groups (broad SMARTS) is 1. The number of carboxylic acids is 1. The summed E-state index contributed by atoms with van der Waals surface area (Å²) < 4.78 is 6.95. The minimum absolute atomic E-state index is 0.0190. The molecule has 2 aromatic rings. The third kappa shape index (κ3) is 4.42. The van der Waals surface area contributed by atoms with Crippen molar-refractivity contribution in [1.82, 2.24) is 14.7 Å². The summed E-state index contributed by atoms with van der Waals surface area (Å²) in [4.78, 5) is 25.6. The molecule has 26 heavy (non-hydrogen) atoms. The number of rotatable bonds is 6. The summed E-state index contributed by atoms with van der Waals surface area (Å²) in [5.41, 5.74) is 1.22. The second-order valence-electron chi connectivity index (χ2n) is 6.14. The van der Waals surface area contributed by atoms with Gasteiger partial charge in [0.05, 0.1) is 23.9 Å². The molecule has 0 saturated carbocycles. The maximum absolute atomic E-state index is 13.0. The lowest BCUT2D eigenvalue weighted by Crippen LogP contribution is -2.44. The van der Waals surface area contributed by atoms with Gasteiger partial charge in [-0.25, -0.2) is 4.68 Å². The third-order valence-corrected chi connectivity index (χ3v) is 4.63. The highest BCUT2D eigenvalue weighted by atomic mass is 35.5. The van der Waals surface area contributed by atoms with Gasteiger partial charge < -0.3 is 14.7 Å². The van der Waals surface area contributed by atoms with Gasteiger partial charge in [0, 0.05) is 37.0 Å². The molecule has 3 rings (SSSR count). The van der Waals surface area contributed by atoms with E-state index in [0.717, 1.165) is 5.69 Å². The van der Waals surface area contributed by atoms with Crippen molar-refractivity contribution in [3.8, 4) is 5.69 Å². The highest BCUT2D eigenvalue weighted by Gasteiger charge is 2.27. The first-order valence-electron chi connectivity index (χ1n) is 8.45. The standard InChI is InChI=1S/C18H20ClN3O4/c19-14-1-3-16(4-2-14)22-12-13(11-20-22)18(25)21(8-5-17(23)24)15-6-9-26-10-7-15/h1-4,11-12,15H,5-10H2,(H,23,24). The molecule has 1 aromatic carbocycles. The lowest BCUT2D eigenvalue weighted by Gasteiger charge is -2.33. The molecule has 8 heteroatoms. The number of carbonyl (C=O) groups excluding carboxylic acids is 1. The molecule has 0 atom stereocenters. The molecule has 0 aliphatic carbocycles. The van der Waals surface area contributed by atoms with Crippen molar-refractivity contribution in [2.24, 2.45) is 0 Å². The van der Waals surface area contributed by atoms with E-state index in [2.05, 4.69) is 5.10 Å². The van der Waals surface area contributed by atoms with Gasteiger partial charge >= 0.3 is 5.97 Å². The molecule has 1 N–H and O–H groups in total. The van der Waals surface area contributed by atoms with Crippen LogP contribution in [-0.2, 0) is 9.53 Å². The number of ether oxygens (including phenoxy) is 1. The summed E-state index contributed by atoms with van der Waals surface area (Å²) >= 11 is 5.89. The van der Waals surface area contributed by atoms with Crippen LogP contribution >= 0.6 is 11.6 Å². The Hall–Kier alpha value is -2.38. The van der Waals surface area contributed by atoms with Gasteiger partial charge in [0.25, 0.3) is 5.91 Å². The van der Waals surface area contributed by atoms with E-state index in [1.807, 2.05) is 12.1 Å². The first-order chi connectivity index (χ1) is 12.5. The quantitative estimate of drug-likeness (QED) is 0.836. The maximum Gasteiger partial charge on any atom is 0.305 e. The predicted molar refractivity (Wildman–Crippen MR) is 95.7 cm³/mol. The van der Waals surface area contributed by atoms with Crippen LogP contribution < -0.4 is 0 Å². The SMILES string of the molecule is O=C(O)CCN(C(=O)c1cnn(-c2ccc(Cl)cc2)c1)C1CCOCC1. The fourth-order valence-corrected chi connectivity index (χ4v) is 3.12. The third-order valence-electron chi connectivity index (χ3n) is 4.38. The topological polar surface area (TPSA) is 84.7 Å². The molecule has 2 heterocycles. The Kier molecular flexibility index (Phi) is 5.90. The van der Waals surface area contributed by atoms with Crippen LogP contribution in [-0.4, -0.2) is 57.5 Å². The summed E-state index contributed by atoms with van der Waals surface area (Å²) in [7, 11) is 0. The molecule has 1 fully saturated rings. The van der Waals surface area contributed by atoms with Gasteiger partial charge in [-0.2, -0.15) is 5.10 Å². The molecular formula is C18H20ClN3O4. The summed E-state index contributed by atoms with van der Waals surface area (Å²) in [5.74, 6) is -1.13. The lowest BCUT2D eigenvalue weighted by molar-refractivity contribution is -0.137. The molecular weight excluding hydrogens is 358 g/mol. The second-order valence-corrected chi connectivity index (χ2v) is 6.57. The predicted octanol–water partition coefficient (Wildman–Crippen LogP) is 2.62. The molecule has 138 valence electrons. The van der Waals surface area contributed by atoms with E-state index in [4.69, 9.17) is 21.4 Å². The highest BCUT2D eigenvalue weighted by molar-refractivity contribution is 6.30. The Balaban J connectivity index is 1.79. The maximum atomic E-state index is 13.0. The summed E-state index contributed by atoms with van der Waals surface area (Å²) in [6, 6.07) is 7.10. The van der Waals surface area contributed by atoms with Crippen molar-refractivity contribution in [2.45, 2.75) is 25.3 Å². The molecule has 7 nitrogen and oxygen atoms in total. The van der Waals surface area contributed by atoms with Crippen LogP contribution in [0.4, 0.5) is 0 Å². The molecule has 0 bridgehead atoms. The van der Waals surface area contributed by atoms with Gasteiger partial charge in [-0.15, -0.1) is 0 Å². The average Bonchev–Trinajstić information content (AvgIpc) is 3.13. The van der Waals surface area contributed by atoms with Crippen LogP contribution in [0.2, 0.25) is 5.02 Å². The number of hydrogen-bond donors (Lipinski definition) is 1. The van der Waals surface area contributed by atoms with E-state index >= 15 is 0 Å². The Bertz CT molecular complexity index is 769. The van der Waals surface area contributed by atoms with Crippen molar-refractivity contribution in [3.05, 3.63) is 47.2 Å². The zero-order chi connectivity index (χ0) is 18.5. The van der Waals surface area contributed by atoms with Gasteiger partial charge in [-0.3, -0.25) is 9.59 Å². The average molecular weight is 378 g/mol. The fourth-order valence-electron chi connectivity index (χ4n) is 3.00. The molecule has 0 radical (unpaired) electrons. The molecule has 1 aromatic heterocycles. The van der Waals surface area contributed by atoms with Crippen molar-refractivity contribution in [3.63, 3.8) is 0 Å².